The smallest absolute Gasteiger partial charge is 0.114 e. The van der Waals surface area contributed by atoms with Crippen LogP contribution < -0.4 is 5.73 Å². The van der Waals surface area contributed by atoms with E-state index < -0.39 is 0 Å². The van der Waals surface area contributed by atoms with Crippen LogP contribution in [-0.4, -0.2) is 9.55 Å². The fraction of sp³-hybridized carbons (Fsp3) is 0.312. The molecule has 20 heavy (non-hydrogen) atoms. The minimum Gasteiger partial charge on any atom is -0.326 e. The molecule has 0 saturated heterocycles. The summed E-state index contributed by atoms with van der Waals surface area (Å²) in [5.74, 6) is 1.19. The van der Waals surface area contributed by atoms with Crippen molar-refractivity contribution in [2.45, 2.75) is 31.8 Å². The molecule has 0 aliphatic heterocycles. The van der Waals surface area contributed by atoms with E-state index in [-0.39, 0.29) is 0 Å². The van der Waals surface area contributed by atoms with Crippen molar-refractivity contribution in [3.63, 3.8) is 0 Å². The first kappa shape index (κ1) is 12.1. The molecule has 1 saturated carbocycles. The van der Waals surface area contributed by atoms with Gasteiger partial charge in [-0.1, -0.05) is 6.07 Å². The average molecular weight is 283 g/mol. The molecule has 0 radical (unpaired) electrons. The minimum absolute atomic E-state index is 0.575. The number of nitrogens with two attached hydrogens (primary N) is 1. The van der Waals surface area contributed by atoms with Crippen molar-refractivity contribution in [3.8, 4) is 0 Å². The van der Waals surface area contributed by atoms with Crippen LogP contribution in [0, 0.1) is 0 Å². The van der Waals surface area contributed by atoms with E-state index in [1.165, 1.54) is 29.7 Å². The Bertz CT molecular complexity index is 739. The molecule has 3 nitrogen and oxygen atoms in total. The van der Waals surface area contributed by atoms with Crippen molar-refractivity contribution in [1.29, 1.82) is 0 Å². The van der Waals surface area contributed by atoms with Crippen LogP contribution >= 0.6 is 11.3 Å². The van der Waals surface area contributed by atoms with Gasteiger partial charge in [-0.05, 0) is 52.9 Å². The largest absolute Gasteiger partial charge is 0.326 e. The van der Waals surface area contributed by atoms with E-state index in [0.717, 1.165) is 17.5 Å². The Morgan fingerprint density at radius 2 is 2.15 bits per heavy atom. The maximum absolute atomic E-state index is 5.73. The van der Waals surface area contributed by atoms with Gasteiger partial charge < -0.3 is 10.3 Å². The Hall–Kier alpha value is -1.65. The molecule has 1 aliphatic carbocycles. The molecule has 2 heterocycles. The molecule has 102 valence electrons. The van der Waals surface area contributed by atoms with E-state index in [1.54, 1.807) is 11.3 Å². The van der Waals surface area contributed by atoms with Crippen molar-refractivity contribution in [1.82, 2.24) is 9.55 Å². The van der Waals surface area contributed by atoms with Crippen LogP contribution in [0.15, 0.2) is 35.0 Å². The molecule has 0 atom stereocenters. The molecular weight excluding hydrogens is 266 g/mol. The fourth-order valence-corrected chi connectivity index (χ4v) is 3.43. The lowest BCUT2D eigenvalue weighted by Gasteiger charge is -2.07. The highest BCUT2D eigenvalue weighted by Gasteiger charge is 2.28. The summed E-state index contributed by atoms with van der Waals surface area (Å²) in [5, 5.41) is 4.34. The zero-order valence-corrected chi connectivity index (χ0v) is 12.1. The third-order valence-electron chi connectivity index (χ3n) is 3.92. The Balaban J connectivity index is 1.83. The predicted molar refractivity (Wildman–Crippen MR) is 83.0 cm³/mol. The van der Waals surface area contributed by atoms with Gasteiger partial charge in [0.05, 0.1) is 11.0 Å². The molecule has 4 rings (SSSR count). The number of hydrogen-bond donors (Lipinski definition) is 1. The molecular formula is C16H17N3S. The van der Waals surface area contributed by atoms with Crippen LogP contribution in [0.3, 0.4) is 0 Å². The second-order valence-electron chi connectivity index (χ2n) is 5.46. The van der Waals surface area contributed by atoms with Gasteiger partial charge in [0.1, 0.15) is 5.82 Å². The number of benzene rings is 1. The number of rotatable bonds is 4. The van der Waals surface area contributed by atoms with E-state index >= 15 is 0 Å². The lowest BCUT2D eigenvalue weighted by molar-refractivity contribution is 0.716. The van der Waals surface area contributed by atoms with Gasteiger partial charge in [0.2, 0.25) is 0 Å². The lowest BCUT2D eigenvalue weighted by Crippen LogP contribution is -2.02. The summed E-state index contributed by atoms with van der Waals surface area (Å²) in [4.78, 5) is 4.87. The fourth-order valence-electron chi connectivity index (χ4n) is 2.76. The van der Waals surface area contributed by atoms with Gasteiger partial charge in [-0.3, -0.25) is 0 Å². The highest BCUT2D eigenvalue weighted by atomic mass is 32.1. The molecule has 2 aromatic heterocycles. The Morgan fingerprint density at radius 3 is 2.85 bits per heavy atom. The Morgan fingerprint density at radius 1 is 1.25 bits per heavy atom. The van der Waals surface area contributed by atoms with Gasteiger partial charge in [-0.2, -0.15) is 11.3 Å². The second-order valence-corrected chi connectivity index (χ2v) is 6.24. The minimum atomic E-state index is 0.575. The van der Waals surface area contributed by atoms with Crippen molar-refractivity contribution >= 4 is 22.4 Å². The van der Waals surface area contributed by atoms with E-state index in [2.05, 4.69) is 39.6 Å². The summed E-state index contributed by atoms with van der Waals surface area (Å²) >= 11 is 1.75. The van der Waals surface area contributed by atoms with Crippen LogP contribution in [-0.2, 0) is 13.0 Å². The zero-order valence-electron chi connectivity index (χ0n) is 11.2. The monoisotopic (exact) mass is 283 g/mol. The number of hydrogen-bond acceptors (Lipinski definition) is 3. The van der Waals surface area contributed by atoms with E-state index in [9.17, 15) is 0 Å². The number of aromatic nitrogens is 2. The van der Waals surface area contributed by atoms with Crippen molar-refractivity contribution in [2.24, 2.45) is 5.73 Å². The molecule has 1 fully saturated rings. The van der Waals surface area contributed by atoms with Crippen molar-refractivity contribution < 1.29 is 0 Å². The number of nitrogens with zero attached hydrogens (tertiary/aromatic N) is 2. The van der Waals surface area contributed by atoms with Gasteiger partial charge in [0, 0.05) is 19.0 Å². The lowest BCUT2D eigenvalue weighted by atomic mass is 10.2. The normalized spacial score (nSPS) is 15.1. The maximum Gasteiger partial charge on any atom is 0.114 e. The molecule has 2 N–H and O–H groups in total. The number of thiophene rings is 1. The summed E-state index contributed by atoms with van der Waals surface area (Å²) in [6.07, 6.45) is 3.48. The molecule has 4 heteroatoms. The SMILES string of the molecule is NCc1ccc2c(c1)nc(Cc1ccsc1)n2C1CC1. The van der Waals surface area contributed by atoms with Crippen LogP contribution in [0.4, 0.5) is 0 Å². The molecule has 1 aromatic carbocycles. The topological polar surface area (TPSA) is 43.8 Å². The molecule has 1 aliphatic rings. The average Bonchev–Trinajstić information content (AvgIpc) is 3.05. The Labute approximate surface area is 122 Å². The third-order valence-corrected chi connectivity index (χ3v) is 4.65. The molecule has 0 unspecified atom stereocenters. The number of imidazole rings is 1. The maximum atomic E-state index is 5.73. The van der Waals surface area contributed by atoms with E-state index in [4.69, 9.17) is 10.7 Å². The highest BCUT2D eigenvalue weighted by molar-refractivity contribution is 7.07. The highest BCUT2D eigenvalue weighted by Crippen LogP contribution is 2.39. The van der Waals surface area contributed by atoms with Crippen molar-refractivity contribution in [2.75, 3.05) is 0 Å². The van der Waals surface area contributed by atoms with Crippen molar-refractivity contribution in [3.05, 3.63) is 52.0 Å². The van der Waals surface area contributed by atoms with Crippen LogP contribution in [0.5, 0.6) is 0 Å². The van der Waals surface area contributed by atoms with E-state index in [1.807, 2.05) is 0 Å². The quantitative estimate of drug-likeness (QED) is 0.796. The standard InChI is InChI=1S/C16H17N3S/c17-9-11-1-4-15-14(7-11)18-16(19(15)13-2-3-13)8-12-5-6-20-10-12/h1,4-7,10,13H,2-3,8-9,17H2. The van der Waals surface area contributed by atoms with Crippen LogP contribution in [0.1, 0.15) is 35.8 Å². The first-order valence-electron chi connectivity index (χ1n) is 7.06. The summed E-state index contributed by atoms with van der Waals surface area (Å²) in [7, 11) is 0. The molecule has 0 amide bonds. The molecule has 0 bridgehead atoms. The van der Waals surface area contributed by atoms with Gasteiger partial charge in [-0.15, -0.1) is 0 Å². The van der Waals surface area contributed by atoms with Crippen LogP contribution in [0.25, 0.3) is 11.0 Å². The first-order valence-corrected chi connectivity index (χ1v) is 8.00. The van der Waals surface area contributed by atoms with Gasteiger partial charge >= 0.3 is 0 Å². The summed E-state index contributed by atoms with van der Waals surface area (Å²) in [6.45, 7) is 0.575. The summed E-state index contributed by atoms with van der Waals surface area (Å²) in [5.41, 5.74) is 10.6. The molecule has 0 spiro atoms. The van der Waals surface area contributed by atoms with Crippen LogP contribution in [0.2, 0.25) is 0 Å². The summed E-state index contributed by atoms with van der Waals surface area (Å²) < 4.78 is 2.44. The second kappa shape index (κ2) is 4.72. The Kier molecular flexibility index (Phi) is 2.86. The van der Waals surface area contributed by atoms with Gasteiger partial charge in [0.15, 0.2) is 0 Å². The zero-order chi connectivity index (χ0) is 13.5. The van der Waals surface area contributed by atoms with E-state index in [0.29, 0.717) is 12.6 Å². The van der Waals surface area contributed by atoms with Gasteiger partial charge in [-0.25, -0.2) is 4.98 Å². The first-order chi connectivity index (χ1) is 9.85. The summed E-state index contributed by atoms with van der Waals surface area (Å²) in [6, 6.07) is 9.27. The third kappa shape index (κ3) is 2.05. The number of fused-ring (bicyclic) bond motifs is 1. The van der Waals surface area contributed by atoms with Gasteiger partial charge in [0.25, 0.3) is 0 Å². The molecule has 3 aromatic rings. The predicted octanol–water partition coefficient (Wildman–Crippen LogP) is 3.48.